The van der Waals surface area contributed by atoms with E-state index in [1.807, 2.05) is 0 Å². The number of rotatable bonds is 3. The van der Waals surface area contributed by atoms with Crippen molar-refractivity contribution in [2.75, 3.05) is 12.4 Å². The molecule has 0 aliphatic carbocycles. The van der Waals surface area contributed by atoms with Crippen LogP contribution < -0.4 is 20.9 Å². The summed E-state index contributed by atoms with van der Waals surface area (Å²) in [6.45, 7) is 0. The first-order valence-corrected chi connectivity index (χ1v) is 6.35. The molecule has 3 N–H and O–H groups in total. The van der Waals surface area contributed by atoms with Crippen LogP contribution in [-0.2, 0) is 0 Å². The van der Waals surface area contributed by atoms with Crippen molar-refractivity contribution >= 4 is 17.6 Å². The highest BCUT2D eigenvalue weighted by Crippen LogP contribution is 2.11. The van der Waals surface area contributed by atoms with Crippen LogP contribution in [0.25, 0.3) is 0 Å². The van der Waals surface area contributed by atoms with E-state index in [-0.39, 0.29) is 5.69 Å². The highest BCUT2D eigenvalue weighted by Gasteiger charge is 2.07. The van der Waals surface area contributed by atoms with E-state index < -0.39 is 17.8 Å². The fraction of sp³-hybridized carbons (Fsp3) is 0.0667. The van der Waals surface area contributed by atoms with Crippen LogP contribution in [0.1, 0.15) is 10.4 Å². The van der Waals surface area contributed by atoms with E-state index >= 15 is 0 Å². The number of halogens is 1. The average molecular weight is 303 g/mol. The first kappa shape index (κ1) is 15.3. The van der Waals surface area contributed by atoms with Crippen molar-refractivity contribution in [1.82, 2.24) is 10.9 Å². The summed E-state index contributed by atoms with van der Waals surface area (Å²) in [5.41, 5.74) is 5.04. The largest absolute Gasteiger partial charge is 0.497 e. The standard InChI is InChI=1S/C15H14FN3O3/c1-22-13-7-5-10(6-8-13)14(20)18-19-15(21)17-12-4-2-3-11(16)9-12/h2-9H,1H3,(H,18,20)(H2,17,19,21). The van der Waals surface area contributed by atoms with Crippen LogP contribution in [0.15, 0.2) is 48.5 Å². The summed E-state index contributed by atoms with van der Waals surface area (Å²) in [6, 6.07) is 11.1. The molecule has 0 aliphatic rings. The topological polar surface area (TPSA) is 79.5 Å². The molecule has 0 heterocycles. The van der Waals surface area contributed by atoms with E-state index in [2.05, 4.69) is 16.2 Å². The van der Waals surface area contributed by atoms with Gasteiger partial charge in [-0.25, -0.2) is 14.6 Å². The fourth-order valence-corrected chi connectivity index (χ4v) is 1.66. The van der Waals surface area contributed by atoms with Crippen molar-refractivity contribution in [3.63, 3.8) is 0 Å². The van der Waals surface area contributed by atoms with Crippen molar-refractivity contribution in [1.29, 1.82) is 0 Å². The van der Waals surface area contributed by atoms with Gasteiger partial charge in [-0.15, -0.1) is 0 Å². The molecule has 114 valence electrons. The maximum absolute atomic E-state index is 13.0. The van der Waals surface area contributed by atoms with Crippen LogP contribution in [0.2, 0.25) is 0 Å². The van der Waals surface area contributed by atoms with E-state index in [1.54, 1.807) is 24.3 Å². The maximum Gasteiger partial charge on any atom is 0.337 e. The molecule has 0 bridgehead atoms. The Morgan fingerprint density at radius 2 is 1.77 bits per heavy atom. The highest BCUT2D eigenvalue weighted by molar-refractivity contribution is 5.97. The Bertz CT molecular complexity index is 674. The lowest BCUT2D eigenvalue weighted by atomic mass is 10.2. The molecule has 0 aliphatic heterocycles. The number of hydrazine groups is 1. The molecule has 2 rings (SSSR count). The molecule has 0 saturated carbocycles. The van der Waals surface area contributed by atoms with Gasteiger partial charge in [-0.2, -0.15) is 0 Å². The normalized spacial score (nSPS) is 9.73. The predicted octanol–water partition coefficient (Wildman–Crippen LogP) is 2.30. The van der Waals surface area contributed by atoms with Gasteiger partial charge >= 0.3 is 6.03 Å². The third kappa shape index (κ3) is 4.20. The smallest absolute Gasteiger partial charge is 0.337 e. The molecule has 0 aromatic heterocycles. The summed E-state index contributed by atoms with van der Waals surface area (Å²) in [5.74, 6) is -0.342. The van der Waals surface area contributed by atoms with E-state index in [9.17, 15) is 14.0 Å². The third-order valence-electron chi connectivity index (χ3n) is 2.72. The average Bonchev–Trinajstić information content (AvgIpc) is 2.52. The molecule has 0 atom stereocenters. The van der Waals surface area contributed by atoms with Gasteiger partial charge in [0.25, 0.3) is 5.91 Å². The number of benzene rings is 2. The molecule has 0 spiro atoms. The van der Waals surface area contributed by atoms with E-state index in [0.717, 1.165) is 6.07 Å². The minimum atomic E-state index is -0.688. The number of hydrogen-bond acceptors (Lipinski definition) is 3. The maximum atomic E-state index is 13.0. The Balaban J connectivity index is 1.86. The second-order valence-corrected chi connectivity index (χ2v) is 4.27. The van der Waals surface area contributed by atoms with Gasteiger partial charge in [0, 0.05) is 11.3 Å². The lowest BCUT2D eigenvalue weighted by Gasteiger charge is -2.09. The second-order valence-electron chi connectivity index (χ2n) is 4.27. The molecule has 3 amide bonds. The van der Waals surface area contributed by atoms with Crippen LogP contribution in [0.3, 0.4) is 0 Å². The molecule has 2 aromatic rings. The summed E-state index contributed by atoms with van der Waals surface area (Å²) in [7, 11) is 1.52. The van der Waals surface area contributed by atoms with Crippen LogP contribution >= 0.6 is 0 Å². The summed E-state index contributed by atoms with van der Waals surface area (Å²) in [4.78, 5) is 23.4. The number of nitrogens with one attached hydrogen (secondary N) is 3. The molecule has 0 unspecified atom stereocenters. The zero-order valence-electron chi connectivity index (χ0n) is 11.7. The molecule has 0 radical (unpaired) electrons. The number of anilines is 1. The van der Waals surface area contributed by atoms with Crippen LogP contribution in [0.4, 0.5) is 14.9 Å². The first-order valence-electron chi connectivity index (χ1n) is 6.35. The quantitative estimate of drug-likeness (QED) is 0.761. The zero-order chi connectivity index (χ0) is 15.9. The summed E-state index contributed by atoms with van der Waals surface area (Å²) in [5, 5.41) is 2.38. The van der Waals surface area contributed by atoms with Crippen molar-refractivity contribution < 1.29 is 18.7 Å². The van der Waals surface area contributed by atoms with Crippen molar-refractivity contribution in [2.45, 2.75) is 0 Å². The Kier molecular flexibility index (Phi) is 4.92. The van der Waals surface area contributed by atoms with Gasteiger partial charge < -0.3 is 10.1 Å². The van der Waals surface area contributed by atoms with Gasteiger partial charge in [0.1, 0.15) is 11.6 Å². The highest BCUT2D eigenvalue weighted by atomic mass is 19.1. The van der Waals surface area contributed by atoms with Crippen LogP contribution in [0, 0.1) is 5.82 Å². The van der Waals surface area contributed by atoms with Gasteiger partial charge in [0.15, 0.2) is 0 Å². The number of amides is 3. The van der Waals surface area contributed by atoms with Gasteiger partial charge in [-0.1, -0.05) is 6.07 Å². The zero-order valence-corrected chi connectivity index (χ0v) is 11.7. The van der Waals surface area contributed by atoms with E-state index in [1.165, 1.54) is 25.3 Å². The molecular formula is C15H14FN3O3. The molecule has 22 heavy (non-hydrogen) atoms. The monoisotopic (exact) mass is 303 g/mol. The van der Waals surface area contributed by atoms with E-state index in [0.29, 0.717) is 11.3 Å². The Labute approximate surface area is 126 Å². The lowest BCUT2D eigenvalue weighted by molar-refractivity contribution is 0.0938. The number of carbonyl (C=O) groups excluding carboxylic acids is 2. The van der Waals surface area contributed by atoms with Gasteiger partial charge in [-0.05, 0) is 42.5 Å². The molecule has 0 saturated heterocycles. The number of carbonyl (C=O) groups is 2. The Morgan fingerprint density at radius 3 is 2.41 bits per heavy atom. The van der Waals surface area contributed by atoms with Crippen molar-refractivity contribution in [2.24, 2.45) is 0 Å². The number of urea groups is 1. The second kappa shape index (κ2) is 7.07. The van der Waals surface area contributed by atoms with E-state index in [4.69, 9.17) is 4.74 Å². The Morgan fingerprint density at radius 1 is 1.05 bits per heavy atom. The molecule has 6 nitrogen and oxygen atoms in total. The van der Waals surface area contributed by atoms with Gasteiger partial charge in [0.05, 0.1) is 7.11 Å². The Hall–Kier alpha value is -3.09. The number of ether oxygens (including phenoxy) is 1. The molecule has 7 heteroatoms. The van der Waals surface area contributed by atoms with Crippen molar-refractivity contribution in [3.8, 4) is 5.75 Å². The summed E-state index contributed by atoms with van der Waals surface area (Å²) >= 11 is 0. The van der Waals surface area contributed by atoms with Crippen LogP contribution in [0.5, 0.6) is 5.75 Å². The number of hydrogen-bond donors (Lipinski definition) is 3. The molecule has 2 aromatic carbocycles. The van der Waals surface area contributed by atoms with Gasteiger partial charge in [0.2, 0.25) is 0 Å². The lowest BCUT2D eigenvalue weighted by Crippen LogP contribution is -2.43. The number of methoxy groups -OCH3 is 1. The SMILES string of the molecule is COc1ccc(C(=O)NNC(=O)Nc2cccc(F)c2)cc1. The molecule has 0 fully saturated rings. The van der Waals surface area contributed by atoms with Gasteiger partial charge in [-0.3, -0.25) is 10.2 Å². The fourth-order valence-electron chi connectivity index (χ4n) is 1.66. The predicted molar refractivity (Wildman–Crippen MR) is 79.0 cm³/mol. The molecular weight excluding hydrogens is 289 g/mol. The minimum Gasteiger partial charge on any atom is -0.497 e. The van der Waals surface area contributed by atoms with Crippen LogP contribution in [-0.4, -0.2) is 19.0 Å². The summed E-state index contributed by atoms with van der Waals surface area (Å²) < 4.78 is 17.9. The third-order valence-corrected chi connectivity index (χ3v) is 2.72. The summed E-state index contributed by atoms with van der Waals surface area (Å²) in [6.07, 6.45) is 0. The van der Waals surface area contributed by atoms with Crippen molar-refractivity contribution in [3.05, 3.63) is 59.9 Å². The minimum absolute atomic E-state index is 0.274. The first-order chi connectivity index (χ1) is 10.6.